The van der Waals surface area contributed by atoms with Crippen molar-refractivity contribution in [2.24, 2.45) is 11.8 Å². The van der Waals surface area contributed by atoms with Gasteiger partial charge in [0.25, 0.3) is 0 Å². The van der Waals surface area contributed by atoms with E-state index in [2.05, 4.69) is 32.7 Å². The SMILES string of the molecule is CC(C)[C@H](NC(=O)OC(C)(C)C)C(=O)N1CCC[C@H]1c1ncc(-c2ccc(C3CCC(c4cnc([C@@H]5CCCN5C(=O)[C@@H](NC(=O)OC(C)(C)C)C(C)C)[nH]4)CC3)c3c2C2CCC3CC2)[nH]1. The second-order valence-electron chi connectivity index (χ2n) is 22.6. The van der Waals surface area contributed by atoms with Crippen LogP contribution in [0.2, 0.25) is 0 Å². The molecule has 2 aromatic heterocycles. The molecule has 4 aliphatic carbocycles. The number of imidazole rings is 2. The summed E-state index contributed by atoms with van der Waals surface area (Å²) in [4.78, 5) is 74.6. The molecule has 360 valence electrons. The number of carbonyl (C=O) groups excluding carboxylic acids is 4. The number of fused-ring (bicyclic) bond motifs is 2. The maximum absolute atomic E-state index is 14.1. The number of amides is 4. The van der Waals surface area contributed by atoms with Gasteiger partial charge in [0, 0.05) is 36.5 Å². The quantitative estimate of drug-likeness (QED) is 0.147. The number of aromatic nitrogens is 4. The lowest BCUT2D eigenvalue weighted by Gasteiger charge is -2.42. The molecule has 2 bridgehead atoms. The van der Waals surface area contributed by atoms with Crippen LogP contribution in [-0.4, -0.2) is 90.1 Å². The van der Waals surface area contributed by atoms with E-state index in [9.17, 15) is 19.2 Å². The van der Waals surface area contributed by atoms with Gasteiger partial charge in [-0.1, -0.05) is 39.8 Å². The number of hydrogen-bond acceptors (Lipinski definition) is 8. The summed E-state index contributed by atoms with van der Waals surface area (Å²) >= 11 is 0. The summed E-state index contributed by atoms with van der Waals surface area (Å²) in [6.45, 7) is 20.0. The summed E-state index contributed by atoms with van der Waals surface area (Å²) in [7, 11) is 0. The molecule has 0 spiro atoms. The van der Waals surface area contributed by atoms with E-state index in [1.807, 2.05) is 91.4 Å². The first-order valence-electron chi connectivity index (χ1n) is 25.1. The molecule has 0 radical (unpaired) electrons. The molecule has 2 saturated carbocycles. The Labute approximate surface area is 391 Å². The van der Waals surface area contributed by atoms with Crippen molar-refractivity contribution in [3.8, 4) is 11.3 Å². The van der Waals surface area contributed by atoms with Crippen LogP contribution in [0.15, 0.2) is 24.5 Å². The molecule has 1 aromatic carbocycles. The minimum atomic E-state index is -0.697. The lowest BCUT2D eigenvalue weighted by atomic mass is 9.62. The molecule has 4 fully saturated rings. The summed E-state index contributed by atoms with van der Waals surface area (Å²) in [6.07, 6.45) is 15.5. The highest BCUT2D eigenvalue weighted by atomic mass is 16.6. The minimum absolute atomic E-state index is 0.0916. The van der Waals surface area contributed by atoms with E-state index in [0.29, 0.717) is 36.8 Å². The standard InChI is InChI=1S/C52H76N8O6/c1-29(2)43(57-49(63)65-51(5,6)7)47(61)59-25-11-13-39(59)45-53-27-37(55-45)32-17-15-31(16-18-32)35-23-24-36(42-34-21-19-33(20-22-34)41(35)42)38-28-54-46(56-38)40-14-12-26-60(40)48(62)44(30(3)4)58-50(64)66-52(8,9)10/h23-24,27-34,39-40,43-44H,11-22,25-26H2,1-10H3,(H,53,55)(H,54,56)(H,57,63)(H,58,64)/t31?,32?,33?,34?,39-,40-,43-,44-/m0/s1. The number of aromatic amines is 2. The van der Waals surface area contributed by atoms with Crippen molar-refractivity contribution in [2.75, 3.05) is 13.1 Å². The van der Waals surface area contributed by atoms with Crippen LogP contribution in [0.1, 0.15) is 216 Å². The number of rotatable bonds is 11. The monoisotopic (exact) mass is 909 g/mol. The molecule has 9 rings (SSSR count). The molecule has 0 unspecified atom stereocenters. The van der Waals surface area contributed by atoms with Gasteiger partial charge < -0.3 is 39.9 Å². The fourth-order valence-electron chi connectivity index (χ4n) is 11.8. The number of nitrogens with one attached hydrogen (secondary N) is 4. The van der Waals surface area contributed by atoms with Crippen molar-refractivity contribution in [3.05, 3.63) is 58.6 Å². The maximum Gasteiger partial charge on any atom is 0.408 e. The first kappa shape index (κ1) is 47.6. The highest BCUT2D eigenvalue weighted by Crippen LogP contribution is 2.56. The van der Waals surface area contributed by atoms with Crippen LogP contribution in [0.25, 0.3) is 11.3 Å². The lowest BCUT2D eigenvalue weighted by molar-refractivity contribution is -0.136. The zero-order valence-corrected chi connectivity index (χ0v) is 41.2. The largest absolute Gasteiger partial charge is 0.444 e. The van der Waals surface area contributed by atoms with Crippen molar-refractivity contribution in [1.29, 1.82) is 0 Å². The highest BCUT2D eigenvalue weighted by Gasteiger charge is 2.42. The summed E-state index contributed by atoms with van der Waals surface area (Å²) in [5.74, 6) is 3.23. The van der Waals surface area contributed by atoms with E-state index in [1.54, 1.807) is 5.56 Å². The van der Waals surface area contributed by atoms with Gasteiger partial charge in [-0.15, -0.1) is 0 Å². The highest BCUT2D eigenvalue weighted by molar-refractivity contribution is 5.87. The topological polar surface area (TPSA) is 175 Å². The van der Waals surface area contributed by atoms with E-state index >= 15 is 0 Å². The van der Waals surface area contributed by atoms with Gasteiger partial charge in [-0.05, 0) is 165 Å². The number of likely N-dealkylation sites (tertiary alicyclic amines) is 2. The number of nitrogens with zero attached hydrogens (tertiary/aromatic N) is 4. The van der Waals surface area contributed by atoms with Gasteiger partial charge in [0.15, 0.2) is 0 Å². The van der Waals surface area contributed by atoms with Gasteiger partial charge in [0.2, 0.25) is 11.8 Å². The average molecular weight is 909 g/mol. The Morgan fingerprint density at radius 1 is 0.606 bits per heavy atom. The number of benzene rings is 1. The number of hydrogen-bond donors (Lipinski definition) is 4. The predicted octanol–water partition coefficient (Wildman–Crippen LogP) is 10.4. The number of H-pyrrole nitrogens is 2. The van der Waals surface area contributed by atoms with Crippen LogP contribution in [0.5, 0.6) is 0 Å². The van der Waals surface area contributed by atoms with Crippen molar-refractivity contribution >= 4 is 24.0 Å². The third-order valence-electron chi connectivity index (χ3n) is 14.9. The van der Waals surface area contributed by atoms with Crippen molar-refractivity contribution < 1.29 is 28.7 Å². The second-order valence-corrected chi connectivity index (χ2v) is 22.6. The van der Waals surface area contributed by atoms with Crippen LogP contribution < -0.4 is 10.6 Å². The third kappa shape index (κ3) is 10.2. The fourth-order valence-corrected chi connectivity index (χ4v) is 11.8. The minimum Gasteiger partial charge on any atom is -0.444 e. The Hall–Kier alpha value is -4.88. The molecule has 14 heteroatoms. The molecule has 4 N–H and O–H groups in total. The first-order chi connectivity index (χ1) is 31.3. The molecule has 66 heavy (non-hydrogen) atoms. The predicted molar refractivity (Wildman–Crippen MR) is 254 cm³/mol. The molecule has 6 aliphatic rings. The number of carbonyl (C=O) groups is 4. The third-order valence-corrected chi connectivity index (χ3v) is 14.9. The molecular formula is C52H76N8O6. The number of alkyl carbamates (subject to hydrolysis) is 2. The van der Waals surface area contributed by atoms with Crippen LogP contribution in [0.4, 0.5) is 9.59 Å². The smallest absolute Gasteiger partial charge is 0.408 e. The van der Waals surface area contributed by atoms with Crippen LogP contribution in [0, 0.1) is 11.8 Å². The lowest BCUT2D eigenvalue weighted by Crippen LogP contribution is -2.52. The van der Waals surface area contributed by atoms with Crippen molar-refractivity contribution in [2.45, 2.75) is 205 Å². The maximum atomic E-state index is 14.1. The van der Waals surface area contributed by atoms with E-state index in [4.69, 9.17) is 19.4 Å². The average Bonchev–Trinajstić information content (AvgIpc) is 4.10. The molecule has 4 heterocycles. The van der Waals surface area contributed by atoms with Gasteiger partial charge in [0.05, 0.1) is 24.0 Å². The summed E-state index contributed by atoms with van der Waals surface area (Å²) in [5.41, 5.74) is 6.76. The second kappa shape index (κ2) is 19.0. The first-order valence-corrected chi connectivity index (χ1v) is 25.1. The molecule has 14 nitrogen and oxygen atoms in total. The molecule has 2 saturated heterocycles. The summed E-state index contributed by atoms with van der Waals surface area (Å²) < 4.78 is 11.0. The Morgan fingerprint density at radius 2 is 1.06 bits per heavy atom. The van der Waals surface area contributed by atoms with Crippen LogP contribution >= 0.6 is 0 Å². The van der Waals surface area contributed by atoms with Gasteiger partial charge >= 0.3 is 12.2 Å². The zero-order chi connectivity index (χ0) is 47.2. The Balaban J connectivity index is 0.949. The normalized spacial score (nSPS) is 25.2. The molecule has 3 aromatic rings. The van der Waals surface area contributed by atoms with Crippen molar-refractivity contribution in [3.63, 3.8) is 0 Å². The van der Waals surface area contributed by atoms with E-state index in [-0.39, 0.29) is 35.7 Å². The number of ether oxygens (including phenoxy) is 2. The van der Waals surface area contributed by atoms with Crippen LogP contribution in [-0.2, 0) is 19.1 Å². The van der Waals surface area contributed by atoms with E-state index in [0.717, 1.165) is 74.4 Å². The van der Waals surface area contributed by atoms with Gasteiger partial charge in [0.1, 0.15) is 34.9 Å². The zero-order valence-electron chi connectivity index (χ0n) is 41.2. The summed E-state index contributed by atoms with van der Waals surface area (Å²) in [5, 5.41) is 5.72. The van der Waals surface area contributed by atoms with Gasteiger partial charge in [-0.25, -0.2) is 19.6 Å². The van der Waals surface area contributed by atoms with E-state index < -0.39 is 35.5 Å². The van der Waals surface area contributed by atoms with E-state index in [1.165, 1.54) is 42.4 Å². The van der Waals surface area contributed by atoms with Crippen LogP contribution in [0.3, 0.4) is 0 Å². The Morgan fingerprint density at radius 3 is 1.56 bits per heavy atom. The van der Waals surface area contributed by atoms with Crippen molar-refractivity contribution in [1.82, 2.24) is 40.4 Å². The fraction of sp³-hybridized carbons (Fsp3) is 0.692. The Bertz CT molecular complexity index is 2230. The Kier molecular flexibility index (Phi) is 13.7. The molecular weight excluding hydrogens is 833 g/mol. The molecule has 4 amide bonds. The van der Waals surface area contributed by atoms with Gasteiger partial charge in [-0.2, -0.15) is 0 Å². The van der Waals surface area contributed by atoms with Gasteiger partial charge in [-0.3, -0.25) is 9.59 Å². The molecule has 2 aliphatic heterocycles. The summed E-state index contributed by atoms with van der Waals surface area (Å²) in [6, 6.07) is 3.04. The molecule has 4 atom stereocenters.